The molecule has 0 saturated carbocycles. The van der Waals surface area contributed by atoms with Gasteiger partial charge in [-0.15, -0.1) is 0 Å². The lowest BCUT2D eigenvalue weighted by molar-refractivity contribution is 0.337. The fraction of sp³-hybridized carbons (Fsp3) is 0.714. The number of anilines is 2. The van der Waals surface area contributed by atoms with E-state index in [4.69, 9.17) is 10.8 Å². The van der Waals surface area contributed by atoms with Crippen molar-refractivity contribution in [1.82, 2.24) is 14.9 Å². The molecule has 1 fully saturated rings. The lowest BCUT2D eigenvalue weighted by atomic mass is 10.2. The van der Waals surface area contributed by atoms with Gasteiger partial charge in [0.2, 0.25) is 0 Å². The van der Waals surface area contributed by atoms with E-state index in [0.29, 0.717) is 11.9 Å². The van der Waals surface area contributed by atoms with Crippen LogP contribution in [0.3, 0.4) is 0 Å². The van der Waals surface area contributed by atoms with Crippen molar-refractivity contribution < 1.29 is 0 Å². The van der Waals surface area contributed by atoms with Gasteiger partial charge in [-0.3, -0.25) is 0 Å². The number of hydrogen-bond acceptors (Lipinski definition) is 6. The highest BCUT2D eigenvalue weighted by Gasteiger charge is 2.21. The first kappa shape index (κ1) is 15.0. The summed E-state index contributed by atoms with van der Waals surface area (Å²) < 4.78 is 0. The van der Waals surface area contributed by atoms with Crippen LogP contribution in [0.1, 0.15) is 32.5 Å². The van der Waals surface area contributed by atoms with E-state index in [1.807, 2.05) is 6.07 Å². The predicted octanol–water partition coefficient (Wildman–Crippen LogP) is 1.25. The first-order chi connectivity index (χ1) is 9.63. The van der Waals surface area contributed by atoms with Gasteiger partial charge in [-0.05, 0) is 33.4 Å². The second-order valence-electron chi connectivity index (χ2n) is 5.58. The SMILES string of the molecule is CCCc1nc(NN)cc(N2CCCN(C)CC2C)n1. The molecule has 0 aliphatic carbocycles. The Kier molecular flexibility index (Phi) is 5.14. The Morgan fingerprint density at radius 2 is 2.20 bits per heavy atom. The van der Waals surface area contributed by atoms with Crippen molar-refractivity contribution in [3.05, 3.63) is 11.9 Å². The maximum Gasteiger partial charge on any atom is 0.145 e. The molecule has 1 aromatic rings. The van der Waals surface area contributed by atoms with Crippen LogP contribution in [0.2, 0.25) is 0 Å². The molecule has 3 N–H and O–H groups in total. The molecular weight excluding hydrogens is 252 g/mol. The summed E-state index contributed by atoms with van der Waals surface area (Å²) in [5.41, 5.74) is 2.66. The quantitative estimate of drug-likeness (QED) is 0.638. The summed E-state index contributed by atoms with van der Waals surface area (Å²) in [6.45, 7) is 7.60. The molecule has 1 aromatic heterocycles. The molecule has 1 aliphatic heterocycles. The van der Waals surface area contributed by atoms with Crippen molar-refractivity contribution in [2.24, 2.45) is 5.84 Å². The van der Waals surface area contributed by atoms with Gasteiger partial charge in [-0.1, -0.05) is 6.92 Å². The number of nitrogens with one attached hydrogen (secondary N) is 1. The van der Waals surface area contributed by atoms with Crippen LogP contribution in [0.15, 0.2) is 6.07 Å². The highest BCUT2D eigenvalue weighted by Crippen LogP contribution is 2.21. The van der Waals surface area contributed by atoms with Crippen LogP contribution < -0.4 is 16.2 Å². The van der Waals surface area contributed by atoms with Crippen LogP contribution in [0.4, 0.5) is 11.6 Å². The molecule has 6 heteroatoms. The van der Waals surface area contributed by atoms with Crippen molar-refractivity contribution in [3.8, 4) is 0 Å². The van der Waals surface area contributed by atoms with Gasteiger partial charge in [0.1, 0.15) is 17.5 Å². The Balaban J connectivity index is 2.27. The van der Waals surface area contributed by atoms with Gasteiger partial charge in [0.25, 0.3) is 0 Å². The number of hydrogen-bond donors (Lipinski definition) is 2. The fourth-order valence-corrected chi connectivity index (χ4v) is 2.75. The van der Waals surface area contributed by atoms with Crippen LogP contribution in [0.5, 0.6) is 0 Å². The number of nitrogen functional groups attached to an aromatic ring is 1. The monoisotopic (exact) mass is 278 g/mol. The number of likely N-dealkylation sites (N-methyl/N-ethyl adjacent to an activating group) is 1. The topological polar surface area (TPSA) is 70.3 Å². The van der Waals surface area contributed by atoms with Crippen molar-refractivity contribution in [3.63, 3.8) is 0 Å². The first-order valence-electron chi connectivity index (χ1n) is 7.43. The van der Waals surface area contributed by atoms with Gasteiger partial charge in [0.05, 0.1) is 0 Å². The Morgan fingerprint density at radius 3 is 2.90 bits per heavy atom. The molecular formula is C14H26N6. The summed E-state index contributed by atoms with van der Waals surface area (Å²) in [6, 6.07) is 2.39. The number of nitrogens with zero attached hydrogens (tertiary/aromatic N) is 4. The summed E-state index contributed by atoms with van der Waals surface area (Å²) in [5.74, 6) is 8.08. The van der Waals surface area contributed by atoms with Crippen LogP contribution in [-0.4, -0.2) is 47.6 Å². The van der Waals surface area contributed by atoms with Gasteiger partial charge in [-0.2, -0.15) is 0 Å². The lowest BCUT2D eigenvalue weighted by Crippen LogP contribution is -2.38. The standard InChI is InChI=1S/C14H26N6/c1-4-6-12-16-13(18-15)9-14(17-12)20-8-5-7-19(3)10-11(20)2/h9,11H,4-8,10,15H2,1-3H3,(H,16,17,18). The molecule has 1 saturated heterocycles. The second kappa shape index (κ2) is 6.85. The van der Waals surface area contributed by atoms with Crippen LogP contribution in [-0.2, 0) is 6.42 Å². The van der Waals surface area contributed by atoms with Crippen molar-refractivity contribution in [2.45, 2.75) is 39.2 Å². The zero-order chi connectivity index (χ0) is 14.5. The molecule has 2 heterocycles. The van der Waals surface area contributed by atoms with E-state index in [1.165, 1.54) is 0 Å². The molecule has 2 rings (SSSR count). The highest BCUT2D eigenvalue weighted by molar-refractivity contribution is 5.49. The summed E-state index contributed by atoms with van der Waals surface area (Å²) >= 11 is 0. The highest BCUT2D eigenvalue weighted by atomic mass is 15.3. The molecule has 1 unspecified atom stereocenters. The van der Waals surface area contributed by atoms with E-state index >= 15 is 0 Å². The van der Waals surface area contributed by atoms with Crippen LogP contribution in [0, 0.1) is 0 Å². The van der Waals surface area contributed by atoms with E-state index in [2.05, 4.69) is 41.1 Å². The van der Waals surface area contributed by atoms with Gasteiger partial charge < -0.3 is 15.2 Å². The summed E-state index contributed by atoms with van der Waals surface area (Å²) in [4.78, 5) is 13.9. The number of aromatic nitrogens is 2. The Hall–Kier alpha value is -1.40. The van der Waals surface area contributed by atoms with Crippen molar-refractivity contribution in [1.29, 1.82) is 0 Å². The Morgan fingerprint density at radius 1 is 1.40 bits per heavy atom. The molecule has 1 aliphatic rings. The fourth-order valence-electron chi connectivity index (χ4n) is 2.75. The molecule has 1 atom stereocenters. The largest absolute Gasteiger partial charge is 0.352 e. The predicted molar refractivity (Wildman–Crippen MR) is 82.8 cm³/mol. The van der Waals surface area contributed by atoms with Crippen molar-refractivity contribution >= 4 is 11.6 Å². The van der Waals surface area contributed by atoms with Gasteiger partial charge >= 0.3 is 0 Å². The van der Waals surface area contributed by atoms with Crippen LogP contribution >= 0.6 is 0 Å². The third-order valence-electron chi connectivity index (χ3n) is 3.72. The summed E-state index contributed by atoms with van der Waals surface area (Å²) in [5, 5.41) is 0. The number of nitrogens with two attached hydrogens (primary N) is 1. The normalized spacial score (nSPS) is 20.8. The molecule has 0 radical (unpaired) electrons. The number of rotatable bonds is 4. The molecule has 20 heavy (non-hydrogen) atoms. The maximum absolute atomic E-state index is 5.53. The molecule has 0 aromatic carbocycles. The lowest BCUT2D eigenvalue weighted by Gasteiger charge is -2.29. The van der Waals surface area contributed by atoms with E-state index in [9.17, 15) is 0 Å². The summed E-state index contributed by atoms with van der Waals surface area (Å²) in [6.07, 6.45) is 3.07. The minimum Gasteiger partial charge on any atom is -0.352 e. The zero-order valence-corrected chi connectivity index (χ0v) is 12.8. The number of aryl methyl sites for hydroxylation is 1. The van der Waals surface area contributed by atoms with Crippen LogP contribution in [0.25, 0.3) is 0 Å². The molecule has 0 spiro atoms. The van der Waals surface area contributed by atoms with E-state index in [-0.39, 0.29) is 0 Å². The van der Waals surface area contributed by atoms with E-state index in [0.717, 1.165) is 50.5 Å². The van der Waals surface area contributed by atoms with Gasteiger partial charge in [-0.25, -0.2) is 15.8 Å². The molecule has 6 nitrogen and oxygen atoms in total. The smallest absolute Gasteiger partial charge is 0.145 e. The second-order valence-corrected chi connectivity index (χ2v) is 5.58. The average Bonchev–Trinajstić information content (AvgIpc) is 2.59. The number of hydrazine groups is 1. The summed E-state index contributed by atoms with van der Waals surface area (Å²) in [7, 11) is 2.18. The van der Waals surface area contributed by atoms with Gasteiger partial charge in [0.15, 0.2) is 0 Å². The van der Waals surface area contributed by atoms with E-state index in [1.54, 1.807) is 0 Å². The van der Waals surface area contributed by atoms with Gasteiger partial charge in [0, 0.05) is 31.6 Å². The molecule has 0 bridgehead atoms. The average molecular weight is 278 g/mol. The molecule has 0 amide bonds. The Labute approximate surface area is 121 Å². The van der Waals surface area contributed by atoms with Crippen molar-refractivity contribution in [2.75, 3.05) is 37.0 Å². The Bertz CT molecular complexity index is 436. The third kappa shape index (κ3) is 3.58. The zero-order valence-electron chi connectivity index (χ0n) is 12.8. The minimum absolute atomic E-state index is 0.442. The first-order valence-corrected chi connectivity index (χ1v) is 7.43. The maximum atomic E-state index is 5.53. The molecule has 112 valence electrons. The van der Waals surface area contributed by atoms with E-state index < -0.39 is 0 Å². The third-order valence-corrected chi connectivity index (χ3v) is 3.72. The minimum atomic E-state index is 0.442.